The zero-order chi connectivity index (χ0) is 19.5. The van der Waals surface area contributed by atoms with Crippen LogP contribution in [0.2, 0.25) is 5.02 Å². The van der Waals surface area contributed by atoms with Gasteiger partial charge in [-0.1, -0.05) is 17.7 Å². The quantitative estimate of drug-likeness (QED) is 0.790. The highest BCUT2D eigenvalue weighted by atomic mass is 35.5. The molecule has 140 valence electrons. The molecule has 0 unspecified atom stereocenters. The van der Waals surface area contributed by atoms with E-state index in [0.29, 0.717) is 12.6 Å². The van der Waals surface area contributed by atoms with Gasteiger partial charge in [0.1, 0.15) is 0 Å². The van der Waals surface area contributed by atoms with Crippen molar-refractivity contribution in [2.75, 3.05) is 11.3 Å². The second-order valence-corrected chi connectivity index (χ2v) is 7.27. The second kappa shape index (κ2) is 7.55. The van der Waals surface area contributed by atoms with Crippen LogP contribution in [0.3, 0.4) is 0 Å². The van der Waals surface area contributed by atoms with Gasteiger partial charge in [-0.05, 0) is 43.3 Å². The normalized spacial score (nSPS) is 11.9. The Bertz CT molecular complexity index is 931. The molecule has 2 rings (SSSR count). The molecule has 0 aliphatic heterocycles. The van der Waals surface area contributed by atoms with Crippen LogP contribution in [0.4, 0.5) is 18.9 Å². The van der Waals surface area contributed by atoms with Crippen molar-refractivity contribution in [3.8, 4) is 0 Å². The van der Waals surface area contributed by atoms with Gasteiger partial charge in [-0.15, -0.1) is 0 Å². The van der Waals surface area contributed by atoms with Gasteiger partial charge < -0.3 is 5.32 Å². The summed E-state index contributed by atoms with van der Waals surface area (Å²) in [4.78, 5) is 11.6. The molecular weight excluding hydrogens is 393 g/mol. The molecule has 0 fully saturated rings. The predicted molar refractivity (Wildman–Crippen MR) is 91.7 cm³/mol. The number of hydrogen-bond donors (Lipinski definition) is 2. The Morgan fingerprint density at radius 2 is 1.85 bits per heavy atom. The van der Waals surface area contributed by atoms with Crippen LogP contribution in [0.25, 0.3) is 0 Å². The molecular formula is C16H14ClF3N2O3S. The van der Waals surface area contributed by atoms with Gasteiger partial charge in [0, 0.05) is 12.2 Å². The molecule has 0 saturated heterocycles. The van der Waals surface area contributed by atoms with E-state index < -0.39 is 27.7 Å². The van der Waals surface area contributed by atoms with Crippen molar-refractivity contribution >= 4 is 33.2 Å². The van der Waals surface area contributed by atoms with Gasteiger partial charge in [0.2, 0.25) is 0 Å². The minimum Gasteiger partial charge on any atom is -0.352 e. The van der Waals surface area contributed by atoms with Gasteiger partial charge in [0.15, 0.2) is 0 Å². The number of alkyl halides is 3. The molecule has 1 amide bonds. The Hall–Kier alpha value is -2.26. The molecule has 5 nitrogen and oxygen atoms in total. The lowest BCUT2D eigenvalue weighted by Gasteiger charge is -2.12. The first-order chi connectivity index (χ1) is 12.0. The van der Waals surface area contributed by atoms with E-state index in [1.807, 2.05) is 0 Å². The van der Waals surface area contributed by atoms with E-state index in [-0.39, 0.29) is 21.2 Å². The van der Waals surface area contributed by atoms with Crippen molar-refractivity contribution in [1.29, 1.82) is 0 Å². The summed E-state index contributed by atoms with van der Waals surface area (Å²) in [6.07, 6.45) is -4.60. The molecule has 0 spiro atoms. The first kappa shape index (κ1) is 20.1. The number of sulfonamides is 1. The van der Waals surface area contributed by atoms with Crippen molar-refractivity contribution in [3.63, 3.8) is 0 Å². The van der Waals surface area contributed by atoms with Crippen LogP contribution >= 0.6 is 11.6 Å². The molecule has 2 aromatic rings. The van der Waals surface area contributed by atoms with Crippen molar-refractivity contribution in [2.24, 2.45) is 0 Å². The zero-order valence-corrected chi connectivity index (χ0v) is 15.0. The predicted octanol–water partition coefficient (Wildman–Crippen LogP) is 3.91. The molecule has 2 aromatic carbocycles. The van der Waals surface area contributed by atoms with Crippen LogP contribution in [0.5, 0.6) is 0 Å². The number of nitrogens with one attached hydrogen (secondary N) is 2. The Kier molecular flexibility index (Phi) is 5.82. The highest BCUT2D eigenvalue weighted by molar-refractivity contribution is 7.92. The van der Waals surface area contributed by atoms with E-state index in [2.05, 4.69) is 10.0 Å². The molecule has 0 bridgehead atoms. The molecule has 0 heterocycles. The Balaban J connectivity index is 2.37. The number of carbonyl (C=O) groups excluding carboxylic acids is 1. The van der Waals surface area contributed by atoms with Crippen LogP contribution in [0, 0.1) is 0 Å². The number of hydrogen-bond acceptors (Lipinski definition) is 3. The third-order valence-corrected chi connectivity index (χ3v) is 4.98. The average Bonchev–Trinajstić information content (AvgIpc) is 2.54. The fourth-order valence-electron chi connectivity index (χ4n) is 2.07. The van der Waals surface area contributed by atoms with Gasteiger partial charge in [-0.3, -0.25) is 9.52 Å². The fourth-order valence-corrected chi connectivity index (χ4v) is 3.35. The minimum absolute atomic E-state index is 0.0500. The number of amides is 1. The molecule has 10 heteroatoms. The van der Waals surface area contributed by atoms with Gasteiger partial charge in [0.25, 0.3) is 15.9 Å². The molecule has 26 heavy (non-hydrogen) atoms. The van der Waals surface area contributed by atoms with Gasteiger partial charge in [-0.2, -0.15) is 13.2 Å². The molecule has 0 saturated carbocycles. The number of carbonyl (C=O) groups is 1. The van der Waals surface area contributed by atoms with Crippen LogP contribution in [-0.2, 0) is 16.2 Å². The summed E-state index contributed by atoms with van der Waals surface area (Å²) in [6, 6.07) is 7.22. The SMILES string of the molecule is CCNC(=O)c1cc(S(=O)(=O)Nc2cccc(C(F)(F)F)c2)ccc1Cl. The Morgan fingerprint density at radius 3 is 2.46 bits per heavy atom. The second-order valence-electron chi connectivity index (χ2n) is 5.19. The monoisotopic (exact) mass is 406 g/mol. The van der Waals surface area contributed by atoms with Gasteiger partial charge >= 0.3 is 6.18 Å². The van der Waals surface area contributed by atoms with Gasteiger partial charge in [-0.25, -0.2) is 8.42 Å². The lowest BCUT2D eigenvalue weighted by Crippen LogP contribution is -2.23. The molecule has 0 radical (unpaired) electrons. The summed E-state index contributed by atoms with van der Waals surface area (Å²) in [5.41, 5.74) is -1.30. The van der Waals surface area contributed by atoms with Crippen molar-refractivity contribution in [1.82, 2.24) is 5.32 Å². The van der Waals surface area contributed by atoms with Gasteiger partial charge in [0.05, 0.1) is 21.0 Å². The van der Waals surface area contributed by atoms with E-state index in [1.54, 1.807) is 6.92 Å². The molecule has 2 N–H and O–H groups in total. The smallest absolute Gasteiger partial charge is 0.352 e. The third kappa shape index (κ3) is 4.67. The van der Waals surface area contributed by atoms with Crippen LogP contribution in [0.15, 0.2) is 47.4 Å². The summed E-state index contributed by atoms with van der Waals surface area (Å²) in [5.74, 6) is -0.561. The van der Waals surface area contributed by atoms with Crippen LogP contribution in [-0.4, -0.2) is 20.9 Å². The first-order valence-corrected chi connectivity index (χ1v) is 9.18. The summed E-state index contributed by atoms with van der Waals surface area (Å²) in [5, 5.41) is 2.54. The van der Waals surface area contributed by atoms with Crippen molar-refractivity contribution in [2.45, 2.75) is 18.0 Å². The maximum absolute atomic E-state index is 12.7. The average molecular weight is 407 g/mol. The lowest BCUT2D eigenvalue weighted by atomic mass is 10.2. The number of benzene rings is 2. The first-order valence-electron chi connectivity index (χ1n) is 7.32. The maximum Gasteiger partial charge on any atom is 0.416 e. The standard InChI is InChI=1S/C16H14ClF3N2O3S/c1-2-21-15(23)13-9-12(6-7-14(13)17)26(24,25)22-11-5-3-4-10(8-11)16(18,19)20/h3-9,22H,2H2,1H3,(H,21,23). The van der Waals surface area contributed by atoms with E-state index >= 15 is 0 Å². The van der Waals surface area contributed by atoms with E-state index in [9.17, 15) is 26.4 Å². The minimum atomic E-state index is -4.60. The van der Waals surface area contributed by atoms with Crippen molar-refractivity contribution in [3.05, 3.63) is 58.6 Å². The topological polar surface area (TPSA) is 75.3 Å². The highest BCUT2D eigenvalue weighted by Gasteiger charge is 2.30. The number of anilines is 1. The van der Waals surface area contributed by atoms with E-state index in [0.717, 1.165) is 24.3 Å². The van der Waals surface area contributed by atoms with E-state index in [1.165, 1.54) is 12.1 Å². The number of halogens is 4. The molecule has 0 aliphatic carbocycles. The third-order valence-electron chi connectivity index (χ3n) is 3.27. The zero-order valence-electron chi connectivity index (χ0n) is 13.4. The maximum atomic E-state index is 12.7. The molecule has 0 aromatic heterocycles. The van der Waals surface area contributed by atoms with Crippen LogP contribution < -0.4 is 10.0 Å². The highest BCUT2D eigenvalue weighted by Crippen LogP contribution is 2.31. The summed E-state index contributed by atoms with van der Waals surface area (Å²) >= 11 is 5.91. The molecule has 0 aliphatic rings. The van der Waals surface area contributed by atoms with E-state index in [4.69, 9.17) is 11.6 Å². The molecule has 0 atom stereocenters. The lowest BCUT2D eigenvalue weighted by molar-refractivity contribution is -0.137. The largest absolute Gasteiger partial charge is 0.416 e. The fraction of sp³-hybridized carbons (Fsp3) is 0.188. The summed E-state index contributed by atoms with van der Waals surface area (Å²) in [6.45, 7) is 2.00. The summed E-state index contributed by atoms with van der Waals surface area (Å²) in [7, 11) is -4.22. The number of rotatable bonds is 5. The van der Waals surface area contributed by atoms with Crippen LogP contribution in [0.1, 0.15) is 22.8 Å². The Labute approximate surface area is 153 Å². The Morgan fingerprint density at radius 1 is 1.15 bits per heavy atom. The summed E-state index contributed by atoms with van der Waals surface area (Å²) < 4.78 is 65.2. The van der Waals surface area contributed by atoms with Crippen molar-refractivity contribution < 1.29 is 26.4 Å².